The standard InChI is InChI=1S/C24H42O8/c1-5-14-22(27)30-18(3)20(24(29)32-19(4)31-23(28)15-6-2)16-12-10-8-7-9-11-13-17-21(25)26/h18-20H,5-17H2,1-4H3,(H,25,26). The molecule has 0 fully saturated rings. The number of carbonyl (C=O) groups excluding carboxylic acids is 3. The minimum Gasteiger partial charge on any atom is -0.481 e. The first kappa shape index (κ1) is 29.9. The molecule has 186 valence electrons. The Kier molecular flexibility index (Phi) is 17.2. The molecule has 0 heterocycles. The molecular weight excluding hydrogens is 416 g/mol. The zero-order valence-electron chi connectivity index (χ0n) is 20.2. The maximum absolute atomic E-state index is 12.7. The summed E-state index contributed by atoms with van der Waals surface area (Å²) in [5.74, 6) is -2.69. The first-order chi connectivity index (χ1) is 15.2. The predicted molar refractivity (Wildman–Crippen MR) is 120 cm³/mol. The van der Waals surface area contributed by atoms with E-state index in [0.29, 0.717) is 32.1 Å². The summed E-state index contributed by atoms with van der Waals surface area (Å²) in [5.41, 5.74) is 0. The van der Waals surface area contributed by atoms with E-state index < -0.39 is 36.2 Å². The van der Waals surface area contributed by atoms with Gasteiger partial charge in [0.2, 0.25) is 6.29 Å². The smallest absolute Gasteiger partial charge is 0.315 e. The number of hydrogen-bond acceptors (Lipinski definition) is 7. The first-order valence-corrected chi connectivity index (χ1v) is 12.0. The van der Waals surface area contributed by atoms with Crippen LogP contribution in [-0.4, -0.2) is 41.4 Å². The highest BCUT2D eigenvalue weighted by Crippen LogP contribution is 2.21. The third-order valence-electron chi connectivity index (χ3n) is 5.08. The van der Waals surface area contributed by atoms with Gasteiger partial charge in [-0.3, -0.25) is 19.2 Å². The number of carbonyl (C=O) groups is 4. The van der Waals surface area contributed by atoms with Crippen LogP contribution in [0.15, 0.2) is 0 Å². The minimum atomic E-state index is -0.992. The average Bonchev–Trinajstić information content (AvgIpc) is 2.69. The van der Waals surface area contributed by atoms with Crippen LogP contribution in [0.2, 0.25) is 0 Å². The number of unbranched alkanes of at least 4 members (excludes halogenated alkanes) is 6. The fourth-order valence-electron chi connectivity index (χ4n) is 3.34. The molecule has 0 saturated heterocycles. The Morgan fingerprint density at radius 3 is 1.72 bits per heavy atom. The molecule has 8 heteroatoms. The van der Waals surface area contributed by atoms with Crippen LogP contribution in [-0.2, 0) is 33.4 Å². The largest absolute Gasteiger partial charge is 0.481 e. The average molecular weight is 459 g/mol. The number of hydrogen-bond donors (Lipinski definition) is 1. The first-order valence-electron chi connectivity index (χ1n) is 12.0. The second-order valence-corrected chi connectivity index (χ2v) is 8.20. The number of esters is 3. The molecule has 8 nitrogen and oxygen atoms in total. The monoisotopic (exact) mass is 458 g/mol. The molecule has 1 N–H and O–H groups in total. The number of aliphatic carboxylic acids is 1. The molecule has 0 aromatic carbocycles. The van der Waals surface area contributed by atoms with Crippen LogP contribution < -0.4 is 0 Å². The van der Waals surface area contributed by atoms with Crippen molar-refractivity contribution in [3.8, 4) is 0 Å². The van der Waals surface area contributed by atoms with Crippen LogP contribution in [0, 0.1) is 5.92 Å². The lowest BCUT2D eigenvalue weighted by Gasteiger charge is -2.24. The van der Waals surface area contributed by atoms with E-state index in [4.69, 9.17) is 19.3 Å². The van der Waals surface area contributed by atoms with E-state index in [2.05, 4.69) is 0 Å². The van der Waals surface area contributed by atoms with Crippen molar-refractivity contribution in [1.82, 2.24) is 0 Å². The fourth-order valence-corrected chi connectivity index (χ4v) is 3.34. The second-order valence-electron chi connectivity index (χ2n) is 8.20. The van der Waals surface area contributed by atoms with Gasteiger partial charge in [-0.2, -0.15) is 0 Å². The van der Waals surface area contributed by atoms with Gasteiger partial charge in [-0.05, 0) is 32.6 Å². The van der Waals surface area contributed by atoms with E-state index in [0.717, 1.165) is 38.5 Å². The van der Waals surface area contributed by atoms with Crippen molar-refractivity contribution in [2.24, 2.45) is 5.92 Å². The highest BCUT2D eigenvalue weighted by molar-refractivity contribution is 5.75. The van der Waals surface area contributed by atoms with Crippen molar-refractivity contribution >= 4 is 23.9 Å². The Morgan fingerprint density at radius 2 is 1.19 bits per heavy atom. The molecule has 0 amide bonds. The van der Waals surface area contributed by atoms with E-state index >= 15 is 0 Å². The Labute approximate surface area is 192 Å². The summed E-state index contributed by atoms with van der Waals surface area (Å²) >= 11 is 0. The number of carboxylic acid groups (broad SMARTS) is 1. The Hall–Kier alpha value is -2.12. The number of ether oxygens (including phenoxy) is 3. The molecule has 0 aromatic heterocycles. The van der Waals surface area contributed by atoms with Crippen LogP contribution in [0.4, 0.5) is 0 Å². The highest BCUT2D eigenvalue weighted by Gasteiger charge is 2.30. The quantitative estimate of drug-likeness (QED) is 0.160. The molecule has 0 rings (SSSR count). The number of rotatable bonds is 19. The Balaban J connectivity index is 4.57. The van der Waals surface area contributed by atoms with Crippen LogP contribution in [0.1, 0.15) is 111 Å². The summed E-state index contributed by atoms with van der Waals surface area (Å²) in [4.78, 5) is 46.7. The summed E-state index contributed by atoms with van der Waals surface area (Å²) in [6.45, 7) is 6.93. The van der Waals surface area contributed by atoms with Crippen LogP contribution >= 0.6 is 0 Å². The third-order valence-corrected chi connectivity index (χ3v) is 5.08. The predicted octanol–water partition coefficient (Wildman–Crippen LogP) is 5.16. The van der Waals surface area contributed by atoms with Crippen LogP contribution in [0.25, 0.3) is 0 Å². The van der Waals surface area contributed by atoms with E-state index in [9.17, 15) is 19.2 Å². The summed E-state index contributed by atoms with van der Waals surface area (Å²) in [7, 11) is 0. The van der Waals surface area contributed by atoms with Gasteiger partial charge in [0.1, 0.15) is 6.10 Å². The molecule has 0 aliphatic rings. The molecule has 3 unspecified atom stereocenters. The normalized spacial score (nSPS) is 13.6. The zero-order valence-corrected chi connectivity index (χ0v) is 20.2. The lowest BCUT2D eigenvalue weighted by atomic mass is 9.95. The van der Waals surface area contributed by atoms with Gasteiger partial charge in [-0.25, -0.2) is 0 Å². The lowest BCUT2D eigenvalue weighted by molar-refractivity contribution is -0.190. The minimum absolute atomic E-state index is 0.213. The maximum atomic E-state index is 12.7. The molecule has 0 bridgehead atoms. The van der Waals surface area contributed by atoms with Crippen molar-refractivity contribution in [1.29, 1.82) is 0 Å². The van der Waals surface area contributed by atoms with E-state index in [1.54, 1.807) is 6.92 Å². The lowest BCUT2D eigenvalue weighted by Crippen LogP contribution is -2.34. The van der Waals surface area contributed by atoms with Gasteiger partial charge in [0.25, 0.3) is 0 Å². The summed E-state index contributed by atoms with van der Waals surface area (Å²) in [6.07, 6.45) is 7.24. The van der Waals surface area contributed by atoms with Crippen molar-refractivity contribution in [3.05, 3.63) is 0 Å². The van der Waals surface area contributed by atoms with Crippen molar-refractivity contribution in [3.63, 3.8) is 0 Å². The molecule has 0 aromatic rings. The van der Waals surface area contributed by atoms with Gasteiger partial charge in [-0.15, -0.1) is 0 Å². The SMILES string of the molecule is CCCC(=O)OC(C)OC(=O)C(CCCCCCCCCC(=O)O)C(C)OC(=O)CCC. The van der Waals surface area contributed by atoms with Gasteiger partial charge < -0.3 is 19.3 Å². The second kappa shape index (κ2) is 18.5. The van der Waals surface area contributed by atoms with E-state index in [1.165, 1.54) is 6.92 Å². The van der Waals surface area contributed by atoms with Crippen LogP contribution in [0.5, 0.6) is 0 Å². The molecule has 0 aliphatic heterocycles. The molecule has 0 spiro atoms. The third kappa shape index (κ3) is 15.6. The molecular formula is C24H42O8. The fraction of sp³-hybridized carbons (Fsp3) is 0.833. The highest BCUT2D eigenvalue weighted by atomic mass is 16.7. The molecule has 0 saturated carbocycles. The van der Waals surface area contributed by atoms with Gasteiger partial charge in [0.05, 0.1) is 5.92 Å². The molecule has 0 radical (unpaired) electrons. The molecule has 32 heavy (non-hydrogen) atoms. The maximum Gasteiger partial charge on any atom is 0.315 e. The van der Waals surface area contributed by atoms with Gasteiger partial charge in [0.15, 0.2) is 0 Å². The van der Waals surface area contributed by atoms with Crippen molar-refractivity contribution in [2.75, 3.05) is 0 Å². The zero-order chi connectivity index (χ0) is 24.4. The summed E-state index contributed by atoms with van der Waals surface area (Å²) in [6, 6.07) is 0. The summed E-state index contributed by atoms with van der Waals surface area (Å²) < 4.78 is 15.8. The topological polar surface area (TPSA) is 116 Å². The number of carboxylic acids is 1. The summed E-state index contributed by atoms with van der Waals surface area (Å²) in [5, 5.41) is 8.64. The molecule has 3 atom stereocenters. The van der Waals surface area contributed by atoms with E-state index in [-0.39, 0.29) is 18.8 Å². The molecule has 0 aliphatic carbocycles. The van der Waals surface area contributed by atoms with Gasteiger partial charge in [0, 0.05) is 26.2 Å². The van der Waals surface area contributed by atoms with E-state index in [1.807, 2.05) is 13.8 Å². The Morgan fingerprint density at radius 1 is 0.688 bits per heavy atom. The van der Waals surface area contributed by atoms with Crippen LogP contribution in [0.3, 0.4) is 0 Å². The van der Waals surface area contributed by atoms with Gasteiger partial charge in [-0.1, -0.05) is 52.4 Å². The van der Waals surface area contributed by atoms with Crippen molar-refractivity contribution in [2.45, 2.75) is 124 Å². The Bertz CT molecular complexity index is 560. The van der Waals surface area contributed by atoms with Crippen molar-refractivity contribution < 1.29 is 38.5 Å². The van der Waals surface area contributed by atoms with Gasteiger partial charge >= 0.3 is 23.9 Å².